The predicted octanol–water partition coefficient (Wildman–Crippen LogP) is 0.837. The minimum Gasteiger partial charge on any atom is -0.332 e. The molecule has 0 aromatic carbocycles. The molecule has 2 fully saturated rings. The van der Waals surface area contributed by atoms with E-state index in [4.69, 9.17) is 4.52 Å². The van der Waals surface area contributed by atoms with Crippen LogP contribution >= 0.6 is 0 Å². The quantitative estimate of drug-likeness (QED) is 0.829. The second-order valence-corrected chi connectivity index (χ2v) is 5.93. The van der Waals surface area contributed by atoms with E-state index >= 15 is 0 Å². The summed E-state index contributed by atoms with van der Waals surface area (Å²) in [6.45, 7) is 3.25. The zero-order valence-corrected chi connectivity index (χ0v) is 12.8. The summed E-state index contributed by atoms with van der Waals surface area (Å²) in [6.07, 6.45) is 8.57. The van der Waals surface area contributed by atoms with E-state index in [1.807, 2.05) is 0 Å². The molecule has 0 spiro atoms. The van der Waals surface area contributed by atoms with Gasteiger partial charge < -0.3 is 9.42 Å². The highest BCUT2D eigenvalue weighted by atomic mass is 16.5. The molecule has 0 N–H and O–H groups in total. The molecule has 1 amide bonds. The molecule has 120 valence electrons. The minimum absolute atomic E-state index is 0.0164. The molecule has 8 heteroatoms. The summed E-state index contributed by atoms with van der Waals surface area (Å²) >= 11 is 0. The molecule has 1 saturated heterocycles. The van der Waals surface area contributed by atoms with Crippen molar-refractivity contribution in [1.29, 1.82) is 0 Å². The van der Waals surface area contributed by atoms with Crippen molar-refractivity contribution in [1.82, 2.24) is 29.9 Å². The van der Waals surface area contributed by atoms with Crippen LogP contribution in [0.3, 0.4) is 0 Å². The van der Waals surface area contributed by atoms with Crippen molar-refractivity contribution in [3.8, 4) is 11.5 Å². The zero-order chi connectivity index (χ0) is 15.6. The Morgan fingerprint density at radius 1 is 1.17 bits per heavy atom. The molecule has 23 heavy (non-hydrogen) atoms. The Morgan fingerprint density at radius 3 is 2.65 bits per heavy atom. The summed E-state index contributed by atoms with van der Waals surface area (Å²) < 4.78 is 5.11. The number of rotatable bonds is 3. The highest BCUT2D eigenvalue weighted by molar-refractivity contribution is 5.90. The van der Waals surface area contributed by atoms with Crippen LogP contribution in [0.15, 0.2) is 23.1 Å². The Hall–Kier alpha value is -2.35. The molecule has 0 bridgehead atoms. The molecule has 1 aliphatic heterocycles. The van der Waals surface area contributed by atoms with Crippen molar-refractivity contribution < 1.29 is 9.32 Å². The van der Waals surface area contributed by atoms with Gasteiger partial charge in [0.1, 0.15) is 5.69 Å². The molecule has 2 aromatic heterocycles. The van der Waals surface area contributed by atoms with E-state index in [-0.39, 0.29) is 17.6 Å². The molecule has 8 nitrogen and oxygen atoms in total. The normalized spacial score (nSPS) is 19.6. The van der Waals surface area contributed by atoms with Gasteiger partial charge in [0.05, 0.1) is 6.20 Å². The highest BCUT2D eigenvalue weighted by Crippen LogP contribution is 2.25. The Kier molecular flexibility index (Phi) is 3.74. The van der Waals surface area contributed by atoms with Crippen molar-refractivity contribution in [2.75, 3.05) is 26.2 Å². The van der Waals surface area contributed by atoms with E-state index in [1.54, 1.807) is 17.3 Å². The number of nitrogens with zero attached hydrogens (tertiary/aromatic N) is 6. The maximum absolute atomic E-state index is 12.5. The van der Waals surface area contributed by atoms with Gasteiger partial charge in [-0.05, 0) is 12.8 Å². The molecular formula is C15H18N6O2. The first kappa shape index (κ1) is 14.3. The van der Waals surface area contributed by atoms with Crippen LogP contribution in [0.4, 0.5) is 0 Å². The van der Waals surface area contributed by atoms with Gasteiger partial charge in [0, 0.05) is 44.6 Å². The molecule has 0 atom stereocenters. The number of carbonyl (C=O) groups excluding carboxylic acids is 1. The molecule has 4 rings (SSSR count). The van der Waals surface area contributed by atoms with Crippen molar-refractivity contribution >= 4 is 5.91 Å². The van der Waals surface area contributed by atoms with Gasteiger partial charge >= 0.3 is 11.8 Å². The second kappa shape index (κ2) is 6.04. The summed E-state index contributed by atoms with van der Waals surface area (Å²) in [5, 5.41) is 3.82. The van der Waals surface area contributed by atoms with Crippen LogP contribution in [-0.4, -0.2) is 68.0 Å². The van der Waals surface area contributed by atoms with Crippen LogP contribution in [0.2, 0.25) is 0 Å². The van der Waals surface area contributed by atoms with Crippen molar-refractivity contribution in [3.63, 3.8) is 0 Å². The van der Waals surface area contributed by atoms with Crippen molar-refractivity contribution in [3.05, 3.63) is 24.5 Å². The summed E-state index contributed by atoms with van der Waals surface area (Å²) in [5.74, 6) is 0.0956. The number of carbonyl (C=O) groups is 1. The fraction of sp³-hybridized carbons (Fsp3) is 0.533. The Morgan fingerprint density at radius 2 is 2.00 bits per heavy atom. The highest BCUT2D eigenvalue weighted by Gasteiger charge is 2.31. The smallest absolute Gasteiger partial charge is 0.316 e. The van der Waals surface area contributed by atoms with Gasteiger partial charge in [0.2, 0.25) is 5.82 Å². The molecule has 0 unspecified atom stereocenters. The maximum atomic E-state index is 12.5. The first-order valence-electron chi connectivity index (χ1n) is 7.95. The topological polar surface area (TPSA) is 88.2 Å². The summed E-state index contributed by atoms with van der Waals surface area (Å²) in [7, 11) is 0. The van der Waals surface area contributed by atoms with Gasteiger partial charge in [-0.3, -0.25) is 14.7 Å². The van der Waals surface area contributed by atoms with Crippen LogP contribution in [0, 0.1) is 0 Å². The lowest BCUT2D eigenvalue weighted by Crippen LogP contribution is -2.53. The number of aromatic nitrogens is 4. The monoisotopic (exact) mass is 314 g/mol. The van der Waals surface area contributed by atoms with E-state index in [1.165, 1.54) is 25.5 Å². The van der Waals surface area contributed by atoms with Gasteiger partial charge in [0.15, 0.2) is 0 Å². The lowest BCUT2D eigenvalue weighted by Gasteiger charge is -2.42. The molecule has 2 aromatic rings. The molecule has 0 radical (unpaired) electrons. The molecular weight excluding hydrogens is 296 g/mol. The van der Waals surface area contributed by atoms with Crippen LogP contribution in [0.25, 0.3) is 11.5 Å². The third-order valence-corrected chi connectivity index (χ3v) is 4.59. The first-order valence-corrected chi connectivity index (χ1v) is 7.95. The number of piperazine rings is 1. The Balaban J connectivity index is 1.41. The van der Waals surface area contributed by atoms with Crippen molar-refractivity contribution in [2.24, 2.45) is 0 Å². The van der Waals surface area contributed by atoms with Gasteiger partial charge in [-0.1, -0.05) is 11.6 Å². The first-order chi connectivity index (χ1) is 11.3. The van der Waals surface area contributed by atoms with Crippen LogP contribution < -0.4 is 0 Å². The maximum Gasteiger partial charge on any atom is 0.316 e. The van der Waals surface area contributed by atoms with E-state index < -0.39 is 0 Å². The molecule has 2 aliphatic rings. The largest absolute Gasteiger partial charge is 0.332 e. The third kappa shape index (κ3) is 2.81. The van der Waals surface area contributed by atoms with Crippen LogP contribution in [0.1, 0.15) is 29.9 Å². The summed E-state index contributed by atoms with van der Waals surface area (Å²) in [5.41, 5.74) is 0.491. The lowest BCUT2D eigenvalue weighted by molar-refractivity contribution is 0.0421. The number of hydrogen-bond donors (Lipinski definition) is 0. The van der Waals surface area contributed by atoms with Gasteiger partial charge in [-0.2, -0.15) is 4.98 Å². The summed E-state index contributed by atoms with van der Waals surface area (Å²) in [6, 6.07) is 0.721. The summed E-state index contributed by atoms with van der Waals surface area (Å²) in [4.78, 5) is 28.9. The SMILES string of the molecule is O=C(c1nc(-c2cnccn2)no1)N1CCN(C2CCC2)CC1. The average molecular weight is 314 g/mol. The zero-order valence-electron chi connectivity index (χ0n) is 12.8. The van der Waals surface area contributed by atoms with Crippen molar-refractivity contribution in [2.45, 2.75) is 25.3 Å². The van der Waals surface area contributed by atoms with E-state index in [0.29, 0.717) is 18.8 Å². The minimum atomic E-state index is -0.208. The fourth-order valence-electron chi connectivity index (χ4n) is 3.01. The third-order valence-electron chi connectivity index (χ3n) is 4.59. The Labute approximate surface area is 133 Å². The number of amides is 1. The molecule has 3 heterocycles. The van der Waals surface area contributed by atoms with Gasteiger partial charge in [0.25, 0.3) is 0 Å². The van der Waals surface area contributed by atoms with E-state index in [0.717, 1.165) is 19.1 Å². The van der Waals surface area contributed by atoms with E-state index in [2.05, 4.69) is 25.0 Å². The average Bonchev–Trinajstić information content (AvgIpc) is 3.04. The van der Waals surface area contributed by atoms with Crippen LogP contribution in [0.5, 0.6) is 0 Å². The van der Waals surface area contributed by atoms with Gasteiger partial charge in [-0.15, -0.1) is 0 Å². The fourth-order valence-corrected chi connectivity index (χ4v) is 3.01. The second-order valence-electron chi connectivity index (χ2n) is 5.93. The standard InChI is InChI=1S/C15H18N6O2/c22-15(21-8-6-20(7-9-21)11-2-1-3-11)14-18-13(19-23-14)12-10-16-4-5-17-12/h4-5,10-11H,1-3,6-9H2. The van der Waals surface area contributed by atoms with Gasteiger partial charge in [-0.25, -0.2) is 4.98 Å². The van der Waals surface area contributed by atoms with E-state index in [9.17, 15) is 4.79 Å². The Bertz CT molecular complexity index is 676. The molecule has 1 aliphatic carbocycles. The predicted molar refractivity (Wildman–Crippen MR) is 80.4 cm³/mol. The lowest BCUT2D eigenvalue weighted by atomic mass is 9.91. The number of hydrogen-bond acceptors (Lipinski definition) is 7. The molecule has 1 saturated carbocycles. The van der Waals surface area contributed by atoms with Crippen LogP contribution in [-0.2, 0) is 0 Å².